The second kappa shape index (κ2) is 7.04. The van der Waals surface area contributed by atoms with Gasteiger partial charge in [0.25, 0.3) is 5.91 Å². The maximum absolute atomic E-state index is 12.2. The molecule has 0 bridgehead atoms. The SMILES string of the molecule is CCOC(=O)CCN1C(=O)COc2ccc(C3=NCCS3)cc21. The standard InChI is InChI=1S/C16H18N2O4S/c1-2-21-15(20)5-7-18-12-9-11(16-17-6-8-23-16)3-4-13(12)22-10-14(18)19/h3-4,9H,2,5-8,10H2,1H3. The van der Waals surface area contributed by atoms with Gasteiger partial charge in [0.15, 0.2) is 6.61 Å². The molecule has 0 radical (unpaired) electrons. The van der Waals surface area contributed by atoms with Gasteiger partial charge in [-0.2, -0.15) is 0 Å². The molecule has 0 aromatic heterocycles. The first kappa shape index (κ1) is 15.9. The molecule has 7 heteroatoms. The predicted molar refractivity (Wildman–Crippen MR) is 89.4 cm³/mol. The lowest BCUT2D eigenvalue weighted by Crippen LogP contribution is -2.40. The van der Waals surface area contributed by atoms with Crippen molar-refractivity contribution in [3.05, 3.63) is 23.8 Å². The van der Waals surface area contributed by atoms with Crippen LogP contribution in [0.1, 0.15) is 18.9 Å². The monoisotopic (exact) mass is 334 g/mol. The van der Waals surface area contributed by atoms with Crippen molar-refractivity contribution in [3.63, 3.8) is 0 Å². The number of thioether (sulfide) groups is 1. The lowest BCUT2D eigenvalue weighted by molar-refractivity contribution is -0.142. The summed E-state index contributed by atoms with van der Waals surface area (Å²) < 4.78 is 10.4. The minimum Gasteiger partial charge on any atom is -0.482 e. The van der Waals surface area contributed by atoms with E-state index >= 15 is 0 Å². The molecule has 0 atom stereocenters. The third-order valence-corrected chi connectivity index (χ3v) is 4.60. The van der Waals surface area contributed by atoms with Crippen LogP contribution in [-0.2, 0) is 14.3 Å². The number of hydrogen-bond donors (Lipinski definition) is 0. The van der Waals surface area contributed by atoms with Crippen LogP contribution in [0.3, 0.4) is 0 Å². The Bertz CT molecular complexity index is 659. The predicted octanol–water partition coefficient (Wildman–Crippen LogP) is 1.86. The Hall–Kier alpha value is -2.02. The Kier molecular flexibility index (Phi) is 4.85. The minimum atomic E-state index is -0.305. The highest BCUT2D eigenvalue weighted by atomic mass is 32.2. The summed E-state index contributed by atoms with van der Waals surface area (Å²) in [5, 5.41) is 0.983. The molecule has 0 fully saturated rings. The van der Waals surface area contributed by atoms with Crippen LogP contribution in [0.25, 0.3) is 0 Å². The molecule has 6 nitrogen and oxygen atoms in total. The largest absolute Gasteiger partial charge is 0.482 e. The fraction of sp³-hybridized carbons (Fsp3) is 0.438. The quantitative estimate of drug-likeness (QED) is 0.769. The summed E-state index contributed by atoms with van der Waals surface area (Å²) in [4.78, 5) is 29.8. The van der Waals surface area contributed by atoms with Crippen molar-refractivity contribution < 1.29 is 19.1 Å². The molecule has 1 amide bonds. The van der Waals surface area contributed by atoms with Crippen LogP contribution in [0.4, 0.5) is 5.69 Å². The van der Waals surface area contributed by atoms with E-state index in [0.717, 1.165) is 22.9 Å². The molecule has 0 saturated heterocycles. The molecule has 2 heterocycles. The van der Waals surface area contributed by atoms with E-state index in [4.69, 9.17) is 9.47 Å². The molecular formula is C16H18N2O4S. The molecular weight excluding hydrogens is 316 g/mol. The van der Waals surface area contributed by atoms with Crippen LogP contribution in [0.5, 0.6) is 5.75 Å². The van der Waals surface area contributed by atoms with E-state index in [2.05, 4.69) is 4.99 Å². The van der Waals surface area contributed by atoms with Gasteiger partial charge < -0.3 is 14.4 Å². The van der Waals surface area contributed by atoms with E-state index in [0.29, 0.717) is 18.0 Å². The third kappa shape index (κ3) is 3.50. The first-order chi connectivity index (χ1) is 11.2. The number of rotatable bonds is 5. The second-order valence-corrected chi connectivity index (χ2v) is 6.19. The van der Waals surface area contributed by atoms with Crippen LogP contribution in [-0.4, -0.2) is 49.0 Å². The van der Waals surface area contributed by atoms with E-state index in [-0.39, 0.29) is 31.4 Å². The molecule has 23 heavy (non-hydrogen) atoms. The lowest BCUT2D eigenvalue weighted by atomic mass is 10.1. The van der Waals surface area contributed by atoms with Crippen LogP contribution < -0.4 is 9.64 Å². The summed E-state index contributed by atoms with van der Waals surface area (Å²) in [7, 11) is 0. The highest BCUT2D eigenvalue weighted by Gasteiger charge is 2.27. The summed E-state index contributed by atoms with van der Waals surface area (Å²) in [6, 6.07) is 5.72. The van der Waals surface area contributed by atoms with Crippen molar-refractivity contribution in [1.82, 2.24) is 0 Å². The van der Waals surface area contributed by atoms with Gasteiger partial charge in [0.2, 0.25) is 0 Å². The highest BCUT2D eigenvalue weighted by Crippen LogP contribution is 2.34. The van der Waals surface area contributed by atoms with Gasteiger partial charge in [-0.25, -0.2) is 0 Å². The highest BCUT2D eigenvalue weighted by molar-refractivity contribution is 8.14. The van der Waals surface area contributed by atoms with E-state index in [9.17, 15) is 9.59 Å². The summed E-state index contributed by atoms with van der Waals surface area (Å²) >= 11 is 1.70. The average Bonchev–Trinajstić information content (AvgIpc) is 3.08. The number of carbonyl (C=O) groups excluding carboxylic acids is 2. The molecule has 0 N–H and O–H groups in total. The first-order valence-electron chi connectivity index (χ1n) is 7.59. The third-order valence-electron chi connectivity index (χ3n) is 3.58. The molecule has 0 saturated carbocycles. The van der Waals surface area contributed by atoms with Crippen LogP contribution >= 0.6 is 11.8 Å². The van der Waals surface area contributed by atoms with Gasteiger partial charge in [-0.3, -0.25) is 14.6 Å². The molecule has 1 aromatic rings. The number of ether oxygens (including phenoxy) is 2. The van der Waals surface area contributed by atoms with Gasteiger partial charge in [0.1, 0.15) is 5.75 Å². The number of esters is 1. The zero-order valence-electron chi connectivity index (χ0n) is 12.9. The van der Waals surface area contributed by atoms with Crippen molar-refractivity contribution in [2.24, 2.45) is 4.99 Å². The number of fused-ring (bicyclic) bond motifs is 1. The second-order valence-electron chi connectivity index (χ2n) is 5.11. The molecule has 0 aliphatic carbocycles. The number of nitrogens with zero attached hydrogens (tertiary/aromatic N) is 2. The minimum absolute atomic E-state index is 0.00906. The van der Waals surface area contributed by atoms with E-state index in [1.165, 1.54) is 0 Å². The number of anilines is 1. The van der Waals surface area contributed by atoms with E-state index < -0.39 is 0 Å². The maximum Gasteiger partial charge on any atom is 0.307 e. The first-order valence-corrected chi connectivity index (χ1v) is 8.58. The molecule has 2 aliphatic heterocycles. The van der Waals surface area contributed by atoms with Crippen molar-refractivity contribution in [2.45, 2.75) is 13.3 Å². The summed E-state index contributed by atoms with van der Waals surface area (Å²) in [6.45, 7) is 3.20. The van der Waals surface area contributed by atoms with Crippen molar-refractivity contribution in [2.75, 3.05) is 37.0 Å². The summed E-state index contributed by atoms with van der Waals surface area (Å²) in [6.07, 6.45) is 0.166. The van der Waals surface area contributed by atoms with Crippen LogP contribution in [0.15, 0.2) is 23.2 Å². The smallest absolute Gasteiger partial charge is 0.307 e. The maximum atomic E-state index is 12.2. The zero-order valence-corrected chi connectivity index (χ0v) is 13.7. The lowest BCUT2D eigenvalue weighted by Gasteiger charge is -2.29. The van der Waals surface area contributed by atoms with Gasteiger partial charge in [-0.05, 0) is 25.1 Å². The fourth-order valence-electron chi connectivity index (χ4n) is 2.53. The Morgan fingerprint density at radius 1 is 1.48 bits per heavy atom. The number of amides is 1. The summed E-state index contributed by atoms with van der Waals surface area (Å²) in [5.74, 6) is 1.18. The van der Waals surface area contributed by atoms with Crippen molar-refractivity contribution in [1.29, 1.82) is 0 Å². The van der Waals surface area contributed by atoms with Gasteiger partial charge >= 0.3 is 5.97 Å². The normalized spacial score (nSPS) is 16.7. The molecule has 3 rings (SSSR count). The Balaban J connectivity index is 1.82. The zero-order chi connectivity index (χ0) is 16.2. The van der Waals surface area contributed by atoms with Gasteiger partial charge in [-0.15, -0.1) is 11.8 Å². The van der Waals surface area contributed by atoms with E-state index in [1.54, 1.807) is 23.6 Å². The van der Waals surface area contributed by atoms with E-state index in [1.807, 2.05) is 18.2 Å². The van der Waals surface area contributed by atoms with Crippen molar-refractivity contribution in [3.8, 4) is 5.75 Å². The molecule has 122 valence electrons. The molecule has 1 aromatic carbocycles. The van der Waals surface area contributed by atoms with Gasteiger partial charge in [-0.1, -0.05) is 0 Å². The fourth-order valence-corrected chi connectivity index (χ4v) is 3.38. The molecule has 0 unspecified atom stereocenters. The Labute approximate surface area is 138 Å². The topological polar surface area (TPSA) is 68.2 Å². The van der Waals surface area contributed by atoms with Crippen molar-refractivity contribution >= 4 is 34.4 Å². The number of carbonyl (C=O) groups is 2. The summed E-state index contributed by atoms with van der Waals surface area (Å²) in [5.41, 5.74) is 1.67. The number of benzene rings is 1. The van der Waals surface area contributed by atoms with Crippen LogP contribution in [0.2, 0.25) is 0 Å². The van der Waals surface area contributed by atoms with Crippen LogP contribution in [0, 0.1) is 0 Å². The Morgan fingerprint density at radius 3 is 3.09 bits per heavy atom. The molecule has 2 aliphatic rings. The average molecular weight is 334 g/mol. The van der Waals surface area contributed by atoms with Gasteiger partial charge in [0.05, 0.1) is 23.8 Å². The number of hydrogen-bond acceptors (Lipinski definition) is 6. The number of aliphatic imine (C=N–C) groups is 1. The molecule has 0 spiro atoms. The van der Waals surface area contributed by atoms with Gasteiger partial charge in [0, 0.05) is 24.4 Å². The Morgan fingerprint density at radius 2 is 2.35 bits per heavy atom.